The monoisotopic (exact) mass is 240 g/mol. The molecule has 4 heteroatoms. The summed E-state index contributed by atoms with van der Waals surface area (Å²) < 4.78 is 18.6. The molecule has 1 atom stereocenters. The van der Waals surface area contributed by atoms with Crippen LogP contribution in [-0.4, -0.2) is 24.2 Å². The Hall–Kier alpha value is -1.00. The van der Waals surface area contributed by atoms with E-state index in [1.165, 1.54) is 12.3 Å². The lowest BCUT2D eigenvalue weighted by molar-refractivity contribution is 0.00692. The van der Waals surface area contributed by atoms with Crippen LogP contribution >= 0.6 is 0 Å². The number of ether oxygens (including phenoxy) is 1. The molecule has 0 fully saturated rings. The van der Waals surface area contributed by atoms with Crippen LogP contribution in [0.3, 0.4) is 0 Å². The highest BCUT2D eigenvalue weighted by Crippen LogP contribution is 2.25. The molecule has 17 heavy (non-hydrogen) atoms. The van der Waals surface area contributed by atoms with Crippen molar-refractivity contribution in [1.29, 1.82) is 0 Å². The number of halogens is 1. The van der Waals surface area contributed by atoms with E-state index in [0.717, 1.165) is 18.5 Å². The van der Waals surface area contributed by atoms with Gasteiger partial charge in [0.05, 0.1) is 11.8 Å². The van der Waals surface area contributed by atoms with E-state index in [-0.39, 0.29) is 17.5 Å². The number of nitrogens with zero attached hydrogens (tertiary/aromatic N) is 1. The lowest BCUT2D eigenvalue weighted by atomic mass is 9.94. The fourth-order valence-electron chi connectivity index (χ4n) is 1.75. The Balaban J connectivity index is 2.85. The summed E-state index contributed by atoms with van der Waals surface area (Å²) in [4.78, 5) is 3.89. The summed E-state index contributed by atoms with van der Waals surface area (Å²) in [5.74, 6) is -0.305. The molecule has 0 spiro atoms. The first-order valence-corrected chi connectivity index (χ1v) is 5.87. The lowest BCUT2D eigenvalue weighted by Crippen LogP contribution is -2.32. The Labute approximate surface area is 102 Å². The van der Waals surface area contributed by atoms with E-state index in [4.69, 9.17) is 4.74 Å². The van der Waals surface area contributed by atoms with Gasteiger partial charge in [-0.05, 0) is 38.4 Å². The number of aromatic nitrogens is 1. The quantitative estimate of drug-likeness (QED) is 0.830. The van der Waals surface area contributed by atoms with E-state index in [1.54, 1.807) is 13.3 Å². The highest BCUT2D eigenvalue weighted by Gasteiger charge is 2.23. The number of hydrogen-bond acceptors (Lipinski definition) is 3. The molecule has 1 N–H and O–H groups in total. The predicted molar refractivity (Wildman–Crippen MR) is 66.3 cm³/mol. The first kappa shape index (κ1) is 14.1. The van der Waals surface area contributed by atoms with Gasteiger partial charge in [-0.15, -0.1) is 0 Å². The molecule has 0 aromatic carbocycles. The molecule has 96 valence electrons. The Morgan fingerprint density at radius 3 is 2.71 bits per heavy atom. The zero-order valence-corrected chi connectivity index (χ0v) is 11.0. The van der Waals surface area contributed by atoms with Crippen molar-refractivity contribution in [1.82, 2.24) is 10.3 Å². The molecular formula is C13H21FN2O. The van der Waals surface area contributed by atoms with E-state index in [1.807, 2.05) is 20.8 Å². The van der Waals surface area contributed by atoms with Gasteiger partial charge in [0.25, 0.3) is 0 Å². The second-order valence-corrected chi connectivity index (χ2v) is 4.71. The van der Waals surface area contributed by atoms with Crippen LogP contribution < -0.4 is 5.32 Å². The third-order valence-electron chi connectivity index (χ3n) is 2.83. The summed E-state index contributed by atoms with van der Waals surface area (Å²) in [7, 11) is 1.69. The Bertz CT molecular complexity index is 355. The topological polar surface area (TPSA) is 34.1 Å². The van der Waals surface area contributed by atoms with E-state index < -0.39 is 0 Å². The van der Waals surface area contributed by atoms with Crippen molar-refractivity contribution in [3.8, 4) is 0 Å². The zero-order valence-electron chi connectivity index (χ0n) is 11.0. The van der Waals surface area contributed by atoms with Crippen LogP contribution in [0.2, 0.25) is 0 Å². The minimum atomic E-state index is -0.305. The molecule has 1 rings (SSSR count). The Morgan fingerprint density at radius 1 is 1.47 bits per heavy atom. The average Bonchev–Trinajstić information content (AvgIpc) is 2.28. The van der Waals surface area contributed by atoms with E-state index in [2.05, 4.69) is 10.3 Å². The van der Waals surface area contributed by atoms with Gasteiger partial charge in [-0.1, -0.05) is 6.92 Å². The highest BCUT2D eigenvalue weighted by atomic mass is 19.1. The van der Waals surface area contributed by atoms with Crippen LogP contribution in [0.15, 0.2) is 18.5 Å². The summed E-state index contributed by atoms with van der Waals surface area (Å²) in [5.41, 5.74) is 0.607. The average molecular weight is 240 g/mol. The number of rotatable bonds is 6. The number of pyridine rings is 1. The van der Waals surface area contributed by atoms with Crippen LogP contribution in [0.5, 0.6) is 0 Å². The number of methoxy groups -OCH3 is 1. The largest absolute Gasteiger partial charge is 0.379 e. The van der Waals surface area contributed by atoms with Crippen LogP contribution in [0.1, 0.15) is 38.8 Å². The van der Waals surface area contributed by atoms with E-state index in [0.29, 0.717) is 0 Å². The first-order chi connectivity index (χ1) is 7.98. The van der Waals surface area contributed by atoms with Crippen molar-refractivity contribution in [2.45, 2.75) is 38.8 Å². The van der Waals surface area contributed by atoms with Crippen LogP contribution in [-0.2, 0) is 4.74 Å². The zero-order chi connectivity index (χ0) is 12.9. The van der Waals surface area contributed by atoms with E-state index >= 15 is 0 Å². The van der Waals surface area contributed by atoms with Gasteiger partial charge in [-0.2, -0.15) is 0 Å². The van der Waals surface area contributed by atoms with Crippen molar-refractivity contribution < 1.29 is 9.13 Å². The SMILES string of the molecule is CCNC(CC(C)(C)OC)c1cncc(F)c1. The summed E-state index contributed by atoms with van der Waals surface area (Å²) in [5, 5.41) is 3.33. The number of nitrogens with one attached hydrogen (secondary N) is 1. The predicted octanol–water partition coefficient (Wildman–Crippen LogP) is 2.69. The fourth-order valence-corrected chi connectivity index (χ4v) is 1.75. The molecule has 0 saturated heterocycles. The molecule has 0 amide bonds. The van der Waals surface area contributed by atoms with Gasteiger partial charge in [0.1, 0.15) is 5.82 Å². The summed E-state index contributed by atoms with van der Waals surface area (Å²) in [6.45, 7) is 6.88. The molecule has 0 aliphatic carbocycles. The normalized spacial score (nSPS) is 13.7. The second-order valence-electron chi connectivity index (χ2n) is 4.71. The van der Waals surface area contributed by atoms with Gasteiger partial charge < -0.3 is 10.1 Å². The summed E-state index contributed by atoms with van der Waals surface area (Å²) in [6.07, 6.45) is 3.68. The molecule has 0 aliphatic heterocycles. The third-order valence-corrected chi connectivity index (χ3v) is 2.83. The van der Waals surface area contributed by atoms with Gasteiger partial charge >= 0.3 is 0 Å². The van der Waals surface area contributed by atoms with Crippen LogP contribution in [0.25, 0.3) is 0 Å². The second kappa shape index (κ2) is 6.07. The van der Waals surface area contributed by atoms with E-state index in [9.17, 15) is 4.39 Å². The lowest BCUT2D eigenvalue weighted by Gasteiger charge is -2.29. The molecular weight excluding hydrogens is 219 g/mol. The maximum absolute atomic E-state index is 13.2. The van der Waals surface area contributed by atoms with Crippen LogP contribution in [0, 0.1) is 5.82 Å². The van der Waals surface area contributed by atoms with Crippen molar-refractivity contribution >= 4 is 0 Å². The third kappa shape index (κ3) is 4.40. The first-order valence-electron chi connectivity index (χ1n) is 5.87. The minimum Gasteiger partial charge on any atom is -0.379 e. The molecule has 0 bridgehead atoms. The minimum absolute atomic E-state index is 0.0538. The fraction of sp³-hybridized carbons (Fsp3) is 0.615. The maximum atomic E-state index is 13.2. The molecule has 1 unspecified atom stereocenters. The standard InChI is InChI=1S/C13H21FN2O/c1-5-16-12(7-13(2,3)17-4)10-6-11(14)9-15-8-10/h6,8-9,12,16H,5,7H2,1-4H3. The van der Waals surface area contributed by atoms with Crippen LogP contribution in [0.4, 0.5) is 4.39 Å². The van der Waals surface area contributed by atoms with Gasteiger partial charge in [-0.25, -0.2) is 4.39 Å². The summed E-state index contributed by atoms with van der Waals surface area (Å²) in [6, 6.07) is 1.57. The molecule has 0 aliphatic rings. The molecule has 0 radical (unpaired) electrons. The van der Waals surface area contributed by atoms with Gasteiger partial charge in [0.2, 0.25) is 0 Å². The Morgan fingerprint density at radius 2 is 2.18 bits per heavy atom. The van der Waals surface area contributed by atoms with Crippen molar-refractivity contribution in [2.24, 2.45) is 0 Å². The van der Waals surface area contributed by atoms with Crippen molar-refractivity contribution in [3.05, 3.63) is 29.8 Å². The smallest absolute Gasteiger partial charge is 0.141 e. The van der Waals surface area contributed by atoms with Crippen molar-refractivity contribution in [2.75, 3.05) is 13.7 Å². The molecule has 1 aromatic rings. The van der Waals surface area contributed by atoms with Gasteiger partial charge in [0, 0.05) is 19.3 Å². The Kier molecular flexibility index (Phi) is 5.02. The van der Waals surface area contributed by atoms with Gasteiger partial charge in [-0.3, -0.25) is 4.98 Å². The number of hydrogen-bond donors (Lipinski definition) is 1. The molecule has 1 aromatic heterocycles. The van der Waals surface area contributed by atoms with Crippen molar-refractivity contribution in [3.63, 3.8) is 0 Å². The molecule has 3 nitrogen and oxygen atoms in total. The highest BCUT2D eigenvalue weighted by molar-refractivity contribution is 5.15. The molecule has 1 heterocycles. The maximum Gasteiger partial charge on any atom is 0.141 e. The summed E-state index contributed by atoms with van der Waals surface area (Å²) >= 11 is 0. The van der Waals surface area contributed by atoms with Gasteiger partial charge in [0.15, 0.2) is 0 Å². The molecule has 0 saturated carbocycles.